The lowest BCUT2D eigenvalue weighted by atomic mass is 10.1. The first-order valence-corrected chi connectivity index (χ1v) is 6.74. The van der Waals surface area contributed by atoms with Crippen molar-refractivity contribution in [1.82, 2.24) is 0 Å². The van der Waals surface area contributed by atoms with Gasteiger partial charge < -0.3 is 10.1 Å². The summed E-state index contributed by atoms with van der Waals surface area (Å²) in [4.78, 5) is 0. The number of nitrogens with one attached hydrogen (secondary N) is 1. The molecule has 0 radical (unpaired) electrons. The molecule has 0 heterocycles. The first kappa shape index (κ1) is 14.4. The Morgan fingerprint density at radius 3 is 2.50 bits per heavy atom. The Labute approximate surface area is 119 Å². The highest BCUT2D eigenvalue weighted by molar-refractivity contribution is 5.58. The molecule has 1 N–H and O–H groups in total. The van der Waals surface area contributed by atoms with Crippen molar-refractivity contribution < 1.29 is 9.13 Å². The molecular formula is C17H20FNO. The molecule has 20 heavy (non-hydrogen) atoms. The standard InChI is InChI=1S/C17H20FNO/c1-12-4-9-16(17(10-12)20-3)19-13(2)11-14-5-7-15(18)8-6-14/h4-10,13,19H,11H2,1-3H3. The zero-order chi connectivity index (χ0) is 14.5. The lowest BCUT2D eigenvalue weighted by Crippen LogP contribution is -2.18. The second kappa shape index (κ2) is 6.42. The molecule has 2 aromatic rings. The van der Waals surface area contributed by atoms with E-state index in [1.54, 1.807) is 7.11 Å². The van der Waals surface area contributed by atoms with E-state index in [0.29, 0.717) is 0 Å². The van der Waals surface area contributed by atoms with Crippen molar-refractivity contribution >= 4 is 5.69 Å². The van der Waals surface area contributed by atoms with Gasteiger partial charge in [-0.3, -0.25) is 0 Å². The van der Waals surface area contributed by atoms with Crippen LogP contribution in [0.5, 0.6) is 5.75 Å². The largest absolute Gasteiger partial charge is 0.495 e. The van der Waals surface area contributed by atoms with E-state index in [-0.39, 0.29) is 11.9 Å². The Bertz CT molecular complexity index is 566. The van der Waals surface area contributed by atoms with E-state index in [2.05, 4.69) is 18.3 Å². The van der Waals surface area contributed by atoms with Crippen molar-refractivity contribution in [2.45, 2.75) is 26.3 Å². The Morgan fingerprint density at radius 1 is 1.15 bits per heavy atom. The summed E-state index contributed by atoms with van der Waals surface area (Å²) in [6.45, 7) is 4.14. The van der Waals surface area contributed by atoms with Crippen LogP contribution >= 0.6 is 0 Å². The van der Waals surface area contributed by atoms with Gasteiger partial charge in [0.2, 0.25) is 0 Å². The first-order chi connectivity index (χ1) is 9.58. The summed E-state index contributed by atoms with van der Waals surface area (Å²) < 4.78 is 18.3. The Balaban J connectivity index is 2.04. The van der Waals surface area contributed by atoms with Crippen LogP contribution in [0.25, 0.3) is 0 Å². The second-order valence-electron chi connectivity index (χ2n) is 5.08. The molecule has 0 saturated carbocycles. The number of methoxy groups -OCH3 is 1. The molecule has 2 aromatic carbocycles. The molecule has 0 fully saturated rings. The number of hydrogen-bond acceptors (Lipinski definition) is 2. The van der Waals surface area contributed by atoms with E-state index in [1.807, 2.05) is 31.2 Å². The van der Waals surface area contributed by atoms with Gasteiger partial charge in [-0.1, -0.05) is 18.2 Å². The molecule has 0 aliphatic carbocycles. The maximum atomic E-state index is 12.9. The van der Waals surface area contributed by atoms with Gasteiger partial charge in [0.25, 0.3) is 0 Å². The first-order valence-electron chi connectivity index (χ1n) is 6.74. The lowest BCUT2D eigenvalue weighted by Gasteiger charge is -2.18. The van der Waals surface area contributed by atoms with E-state index in [1.165, 1.54) is 17.7 Å². The van der Waals surface area contributed by atoms with Crippen molar-refractivity contribution in [2.75, 3.05) is 12.4 Å². The van der Waals surface area contributed by atoms with E-state index in [0.717, 1.165) is 23.4 Å². The fourth-order valence-electron chi connectivity index (χ4n) is 2.21. The molecule has 0 spiro atoms. The molecule has 0 aromatic heterocycles. The third-order valence-electron chi connectivity index (χ3n) is 3.21. The minimum atomic E-state index is -0.199. The van der Waals surface area contributed by atoms with Crippen molar-refractivity contribution in [3.8, 4) is 5.75 Å². The summed E-state index contributed by atoms with van der Waals surface area (Å²) in [5.41, 5.74) is 3.25. The maximum absolute atomic E-state index is 12.9. The van der Waals surface area contributed by atoms with Gasteiger partial charge in [0, 0.05) is 6.04 Å². The fourth-order valence-corrected chi connectivity index (χ4v) is 2.21. The summed E-state index contributed by atoms with van der Waals surface area (Å²) in [6.07, 6.45) is 0.831. The molecule has 2 nitrogen and oxygen atoms in total. The van der Waals surface area contributed by atoms with Gasteiger partial charge in [-0.15, -0.1) is 0 Å². The minimum absolute atomic E-state index is 0.199. The van der Waals surface area contributed by atoms with Crippen LogP contribution in [0.2, 0.25) is 0 Å². The summed E-state index contributed by atoms with van der Waals surface area (Å²) in [7, 11) is 1.67. The Kier molecular flexibility index (Phi) is 4.61. The van der Waals surface area contributed by atoms with Crippen molar-refractivity contribution in [3.63, 3.8) is 0 Å². The van der Waals surface area contributed by atoms with Crippen LogP contribution in [0.1, 0.15) is 18.1 Å². The molecule has 0 aliphatic rings. The highest BCUT2D eigenvalue weighted by Gasteiger charge is 2.08. The smallest absolute Gasteiger partial charge is 0.142 e. The van der Waals surface area contributed by atoms with Crippen LogP contribution in [-0.4, -0.2) is 13.2 Å². The third kappa shape index (κ3) is 3.73. The van der Waals surface area contributed by atoms with Crippen LogP contribution in [0, 0.1) is 12.7 Å². The van der Waals surface area contributed by atoms with Crippen molar-refractivity contribution in [1.29, 1.82) is 0 Å². The predicted molar refractivity (Wildman–Crippen MR) is 80.9 cm³/mol. The van der Waals surface area contributed by atoms with Crippen LogP contribution in [0.15, 0.2) is 42.5 Å². The van der Waals surface area contributed by atoms with Gasteiger partial charge in [-0.25, -0.2) is 4.39 Å². The van der Waals surface area contributed by atoms with Gasteiger partial charge in [-0.05, 0) is 55.7 Å². The summed E-state index contributed by atoms with van der Waals surface area (Å²) in [5.74, 6) is 0.644. The molecule has 0 bridgehead atoms. The highest BCUT2D eigenvalue weighted by atomic mass is 19.1. The molecule has 106 valence electrons. The van der Waals surface area contributed by atoms with E-state index in [4.69, 9.17) is 4.74 Å². The molecule has 2 rings (SSSR count). The van der Waals surface area contributed by atoms with Crippen LogP contribution in [-0.2, 0) is 6.42 Å². The van der Waals surface area contributed by atoms with Crippen LogP contribution < -0.4 is 10.1 Å². The van der Waals surface area contributed by atoms with E-state index >= 15 is 0 Å². The van der Waals surface area contributed by atoms with E-state index in [9.17, 15) is 4.39 Å². The zero-order valence-corrected chi connectivity index (χ0v) is 12.1. The zero-order valence-electron chi connectivity index (χ0n) is 12.1. The number of rotatable bonds is 5. The predicted octanol–water partition coefficient (Wildman–Crippen LogP) is 4.19. The number of aryl methyl sites for hydroxylation is 1. The van der Waals surface area contributed by atoms with Crippen molar-refractivity contribution in [3.05, 3.63) is 59.4 Å². The average Bonchev–Trinajstić information content (AvgIpc) is 2.43. The van der Waals surface area contributed by atoms with Crippen LogP contribution in [0.4, 0.5) is 10.1 Å². The molecule has 1 atom stereocenters. The second-order valence-corrected chi connectivity index (χ2v) is 5.08. The Hall–Kier alpha value is -2.03. The molecule has 0 saturated heterocycles. The number of halogens is 1. The number of benzene rings is 2. The molecular weight excluding hydrogens is 253 g/mol. The summed E-state index contributed by atoms with van der Waals surface area (Å²) in [6, 6.07) is 12.9. The van der Waals surface area contributed by atoms with Gasteiger partial charge in [0.15, 0.2) is 0 Å². The third-order valence-corrected chi connectivity index (χ3v) is 3.21. The number of anilines is 1. The van der Waals surface area contributed by atoms with Gasteiger partial charge >= 0.3 is 0 Å². The summed E-state index contributed by atoms with van der Waals surface area (Å²) in [5, 5.41) is 3.43. The van der Waals surface area contributed by atoms with Crippen LogP contribution in [0.3, 0.4) is 0 Å². The van der Waals surface area contributed by atoms with Gasteiger partial charge in [0.1, 0.15) is 11.6 Å². The normalized spacial score (nSPS) is 12.0. The minimum Gasteiger partial charge on any atom is -0.495 e. The maximum Gasteiger partial charge on any atom is 0.142 e. The number of hydrogen-bond donors (Lipinski definition) is 1. The van der Waals surface area contributed by atoms with Crippen molar-refractivity contribution in [2.24, 2.45) is 0 Å². The topological polar surface area (TPSA) is 21.3 Å². The van der Waals surface area contributed by atoms with Gasteiger partial charge in [-0.2, -0.15) is 0 Å². The monoisotopic (exact) mass is 273 g/mol. The Morgan fingerprint density at radius 2 is 1.85 bits per heavy atom. The quantitative estimate of drug-likeness (QED) is 0.882. The summed E-state index contributed by atoms with van der Waals surface area (Å²) >= 11 is 0. The molecule has 0 aliphatic heterocycles. The molecule has 1 unspecified atom stereocenters. The lowest BCUT2D eigenvalue weighted by molar-refractivity contribution is 0.415. The SMILES string of the molecule is COc1cc(C)ccc1NC(C)Cc1ccc(F)cc1. The number of ether oxygens (including phenoxy) is 1. The molecule has 0 amide bonds. The van der Waals surface area contributed by atoms with Gasteiger partial charge in [0.05, 0.1) is 12.8 Å². The van der Waals surface area contributed by atoms with E-state index < -0.39 is 0 Å². The fraction of sp³-hybridized carbons (Fsp3) is 0.294. The average molecular weight is 273 g/mol. The highest BCUT2D eigenvalue weighted by Crippen LogP contribution is 2.26. The molecule has 3 heteroatoms.